The molecule has 1 fully saturated rings. The van der Waals surface area contributed by atoms with Crippen molar-refractivity contribution < 1.29 is 19.4 Å². The third kappa shape index (κ3) is 4.08. The van der Waals surface area contributed by atoms with Gasteiger partial charge in [-0.25, -0.2) is 9.98 Å². The monoisotopic (exact) mass is 425 g/mol. The van der Waals surface area contributed by atoms with Gasteiger partial charge in [-0.3, -0.25) is 14.7 Å². The number of fused-ring (bicyclic) bond motifs is 1. The largest absolute Gasteiger partial charge is 0.466 e. The second-order valence-electron chi connectivity index (χ2n) is 7.92. The number of hydrogen-bond donors (Lipinski definition) is 3. The van der Waals surface area contributed by atoms with E-state index >= 15 is 0 Å². The minimum absolute atomic E-state index is 0.171. The van der Waals surface area contributed by atoms with E-state index < -0.39 is 23.5 Å². The van der Waals surface area contributed by atoms with Crippen LogP contribution in [0.25, 0.3) is 0 Å². The molecule has 2 unspecified atom stereocenters. The lowest BCUT2D eigenvalue weighted by molar-refractivity contribution is -0.143. The SMILES string of the molecule is CCOC(=O)CCCCCC1(N)N=CN=C2N([C@@H]3O[C@H](C)[C@@H](S)[C@H]3O)C=NC21C. The van der Waals surface area contributed by atoms with Crippen molar-refractivity contribution in [2.45, 2.75) is 87.8 Å². The Morgan fingerprint density at radius 1 is 1.41 bits per heavy atom. The van der Waals surface area contributed by atoms with Crippen LogP contribution in [0.1, 0.15) is 52.9 Å². The summed E-state index contributed by atoms with van der Waals surface area (Å²) < 4.78 is 10.8. The molecule has 10 heteroatoms. The van der Waals surface area contributed by atoms with Crippen LogP contribution in [-0.2, 0) is 14.3 Å². The van der Waals surface area contributed by atoms with Gasteiger partial charge in [-0.1, -0.05) is 6.42 Å². The van der Waals surface area contributed by atoms with Gasteiger partial charge >= 0.3 is 5.97 Å². The van der Waals surface area contributed by atoms with Crippen molar-refractivity contribution in [1.29, 1.82) is 0 Å². The number of aliphatic imine (C=N–C) groups is 3. The molecule has 3 aliphatic rings. The first-order valence-corrected chi connectivity index (χ1v) is 10.7. The van der Waals surface area contributed by atoms with Gasteiger partial charge in [0.2, 0.25) is 0 Å². The van der Waals surface area contributed by atoms with Crippen LogP contribution in [0, 0.1) is 0 Å². The maximum atomic E-state index is 11.5. The summed E-state index contributed by atoms with van der Waals surface area (Å²) in [5.74, 6) is 0.440. The fourth-order valence-electron chi connectivity index (χ4n) is 3.98. The predicted molar refractivity (Wildman–Crippen MR) is 114 cm³/mol. The van der Waals surface area contributed by atoms with Crippen LogP contribution in [-0.4, -0.2) is 76.0 Å². The maximum absolute atomic E-state index is 11.5. The zero-order chi connectivity index (χ0) is 21.2. The van der Waals surface area contributed by atoms with E-state index in [4.69, 9.17) is 15.2 Å². The average molecular weight is 426 g/mol. The standard InChI is InChI=1S/C19H31N5O4S/c1-4-27-13(25)8-6-5-7-9-19(20)18(3)17(21-10-22-19)24(11-23-18)16-14(26)15(29)12(2)28-16/h10-12,14-16,26,29H,4-9,20H2,1-3H3/t12-,14-,15-,16-,18?,19?/m1/s1. The molecular weight excluding hydrogens is 394 g/mol. The molecule has 0 amide bonds. The van der Waals surface area contributed by atoms with Crippen LogP contribution in [0.5, 0.6) is 0 Å². The number of aliphatic hydroxyl groups excluding tert-OH is 1. The number of nitrogens with zero attached hydrogens (tertiary/aromatic N) is 4. The van der Waals surface area contributed by atoms with E-state index in [9.17, 15) is 9.90 Å². The zero-order valence-electron chi connectivity index (χ0n) is 17.2. The van der Waals surface area contributed by atoms with Gasteiger partial charge in [0.05, 0.1) is 24.3 Å². The third-order valence-corrected chi connectivity index (χ3v) is 6.65. The topological polar surface area (TPSA) is 122 Å². The van der Waals surface area contributed by atoms with Crippen molar-refractivity contribution in [3.63, 3.8) is 0 Å². The first-order valence-electron chi connectivity index (χ1n) is 10.2. The summed E-state index contributed by atoms with van der Waals surface area (Å²) in [5, 5.41) is 10.2. The number of carbonyl (C=O) groups is 1. The summed E-state index contributed by atoms with van der Waals surface area (Å²) in [6, 6.07) is 0. The number of ether oxygens (including phenoxy) is 2. The molecule has 3 aliphatic heterocycles. The van der Waals surface area contributed by atoms with Gasteiger partial charge < -0.3 is 20.3 Å². The van der Waals surface area contributed by atoms with E-state index in [1.54, 1.807) is 18.2 Å². The van der Waals surface area contributed by atoms with Crippen LogP contribution < -0.4 is 5.73 Å². The van der Waals surface area contributed by atoms with Crippen LogP contribution in [0.15, 0.2) is 15.0 Å². The molecule has 0 aliphatic carbocycles. The lowest BCUT2D eigenvalue weighted by Crippen LogP contribution is -2.64. The Bertz CT molecular complexity index is 717. The van der Waals surface area contributed by atoms with E-state index in [0.29, 0.717) is 25.3 Å². The molecule has 0 aromatic heterocycles. The Labute approximate surface area is 176 Å². The van der Waals surface area contributed by atoms with Crippen LogP contribution in [0.3, 0.4) is 0 Å². The number of esters is 1. The molecule has 29 heavy (non-hydrogen) atoms. The summed E-state index contributed by atoms with van der Waals surface area (Å²) >= 11 is 4.43. The molecule has 1 saturated heterocycles. The van der Waals surface area contributed by atoms with Gasteiger partial charge in [0.15, 0.2) is 11.8 Å². The fourth-order valence-corrected chi connectivity index (χ4v) is 4.19. The van der Waals surface area contributed by atoms with E-state index in [-0.39, 0.29) is 17.3 Å². The number of amidine groups is 1. The van der Waals surface area contributed by atoms with E-state index in [1.165, 1.54) is 6.34 Å². The summed E-state index contributed by atoms with van der Waals surface area (Å²) in [5.41, 5.74) is 4.87. The van der Waals surface area contributed by atoms with Crippen LogP contribution in [0.2, 0.25) is 0 Å². The average Bonchev–Trinajstić information content (AvgIpc) is 3.15. The Hall–Kier alpha value is -1.49. The number of nitrogens with two attached hydrogens (primary N) is 1. The zero-order valence-corrected chi connectivity index (χ0v) is 18.1. The minimum atomic E-state index is -0.963. The molecule has 162 valence electrons. The van der Waals surface area contributed by atoms with Crippen molar-refractivity contribution in [3.8, 4) is 0 Å². The molecule has 6 atom stereocenters. The lowest BCUT2D eigenvalue weighted by atomic mass is 9.81. The summed E-state index contributed by atoms with van der Waals surface area (Å²) in [7, 11) is 0. The molecule has 0 bridgehead atoms. The molecule has 0 saturated carbocycles. The quantitative estimate of drug-likeness (QED) is 0.304. The molecule has 0 aromatic carbocycles. The second-order valence-corrected chi connectivity index (χ2v) is 8.52. The highest BCUT2D eigenvalue weighted by Crippen LogP contribution is 2.40. The fraction of sp³-hybridized carbons (Fsp3) is 0.789. The maximum Gasteiger partial charge on any atom is 0.305 e. The third-order valence-electron chi connectivity index (χ3n) is 5.93. The van der Waals surface area contributed by atoms with Crippen molar-refractivity contribution in [2.24, 2.45) is 20.7 Å². The highest BCUT2D eigenvalue weighted by molar-refractivity contribution is 7.81. The Morgan fingerprint density at radius 3 is 2.83 bits per heavy atom. The lowest BCUT2D eigenvalue weighted by Gasteiger charge is -2.42. The summed E-state index contributed by atoms with van der Waals surface area (Å²) in [4.78, 5) is 26.7. The molecule has 0 radical (unpaired) electrons. The Morgan fingerprint density at radius 2 is 2.17 bits per heavy atom. The molecule has 9 nitrogen and oxygen atoms in total. The van der Waals surface area contributed by atoms with Crippen molar-refractivity contribution >= 4 is 37.1 Å². The summed E-state index contributed by atoms with van der Waals surface area (Å²) in [6.07, 6.45) is 4.88. The number of carbonyl (C=O) groups excluding carboxylic acids is 1. The molecule has 3 rings (SSSR count). The molecule has 0 aromatic rings. The predicted octanol–water partition coefficient (Wildman–Crippen LogP) is 1.10. The molecule has 3 N–H and O–H groups in total. The van der Waals surface area contributed by atoms with Gasteiger partial charge in [0, 0.05) is 6.42 Å². The van der Waals surface area contributed by atoms with Gasteiger partial charge in [-0.05, 0) is 40.0 Å². The van der Waals surface area contributed by atoms with Crippen LogP contribution >= 0.6 is 12.6 Å². The number of unbranched alkanes of at least 4 members (excludes halogenated alkanes) is 2. The van der Waals surface area contributed by atoms with E-state index in [1.807, 2.05) is 13.8 Å². The minimum Gasteiger partial charge on any atom is -0.466 e. The van der Waals surface area contributed by atoms with Crippen molar-refractivity contribution in [1.82, 2.24) is 4.90 Å². The normalized spacial score (nSPS) is 38.3. The van der Waals surface area contributed by atoms with Gasteiger partial charge in [-0.2, -0.15) is 12.6 Å². The van der Waals surface area contributed by atoms with E-state index in [2.05, 4.69) is 27.6 Å². The Balaban J connectivity index is 1.62. The summed E-state index contributed by atoms with van der Waals surface area (Å²) in [6.45, 7) is 5.98. The second kappa shape index (κ2) is 8.71. The number of thiol groups is 1. The number of aliphatic hydroxyl groups is 1. The van der Waals surface area contributed by atoms with Gasteiger partial charge in [0.25, 0.3) is 0 Å². The first-order chi connectivity index (χ1) is 13.7. The molecule has 0 spiro atoms. The highest BCUT2D eigenvalue weighted by atomic mass is 32.1. The first kappa shape index (κ1) is 22.2. The molecule has 3 heterocycles. The number of hydrogen-bond acceptors (Lipinski definition) is 10. The van der Waals surface area contributed by atoms with Crippen LogP contribution in [0.4, 0.5) is 0 Å². The smallest absolute Gasteiger partial charge is 0.305 e. The van der Waals surface area contributed by atoms with E-state index in [0.717, 1.165) is 19.3 Å². The van der Waals surface area contributed by atoms with Gasteiger partial charge in [0.1, 0.15) is 23.9 Å². The van der Waals surface area contributed by atoms with Crippen molar-refractivity contribution in [3.05, 3.63) is 0 Å². The van der Waals surface area contributed by atoms with Crippen molar-refractivity contribution in [2.75, 3.05) is 6.61 Å². The Kier molecular flexibility index (Phi) is 6.67. The molecular formula is C19H31N5O4S. The highest BCUT2D eigenvalue weighted by Gasteiger charge is 2.57. The van der Waals surface area contributed by atoms with Gasteiger partial charge in [-0.15, -0.1) is 0 Å². The number of rotatable bonds is 8.